The van der Waals surface area contributed by atoms with Gasteiger partial charge in [-0.1, -0.05) is 55.8 Å². The maximum Gasteiger partial charge on any atom is 0.311 e. The Morgan fingerprint density at radius 1 is 0.958 bits per heavy atom. The molecule has 134 valence electrons. The molecule has 1 aromatic rings. The van der Waals surface area contributed by atoms with E-state index in [0.29, 0.717) is 23.1 Å². The molecule has 0 aromatic heterocycles. The minimum Gasteiger partial charge on any atom is -0.466 e. The number of benzene rings is 1. The van der Waals surface area contributed by atoms with Crippen molar-refractivity contribution in [3.8, 4) is 5.75 Å². The van der Waals surface area contributed by atoms with Crippen LogP contribution in [0.5, 0.6) is 5.75 Å². The van der Waals surface area contributed by atoms with Crippen LogP contribution in [0.2, 0.25) is 10.0 Å². The van der Waals surface area contributed by atoms with Gasteiger partial charge in [0.1, 0.15) is 0 Å². The van der Waals surface area contributed by atoms with Gasteiger partial charge in [0.15, 0.2) is 5.75 Å². The van der Waals surface area contributed by atoms with Crippen LogP contribution in [0.3, 0.4) is 0 Å². The summed E-state index contributed by atoms with van der Waals surface area (Å²) in [4.78, 5) is 23.3. The standard InChI is InChI=1S/C18H24Cl2O4/c1-2-3-4-5-6-12-23-17(21)8-7-9-18(22)24-16-13-14(19)10-11-15(16)20/h10-11,13H,2-9,12H2,1H3. The van der Waals surface area contributed by atoms with Gasteiger partial charge in [0.25, 0.3) is 0 Å². The summed E-state index contributed by atoms with van der Waals surface area (Å²) in [6.07, 6.45) is 6.25. The van der Waals surface area contributed by atoms with E-state index in [1.165, 1.54) is 25.3 Å². The van der Waals surface area contributed by atoms with E-state index in [0.717, 1.165) is 12.8 Å². The van der Waals surface area contributed by atoms with Crippen LogP contribution in [0.15, 0.2) is 18.2 Å². The summed E-state index contributed by atoms with van der Waals surface area (Å²) in [5.41, 5.74) is 0. The molecule has 1 rings (SSSR count). The molecule has 0 heterocycles. The topological polar surface area (TPSA) is 52.6 Å². The van der Waals surface area contributed by atoms with Gasteiger partial charge in [-0.25, -0.2) is 0 Å². The Hall–Kier alpha value is -1.26. The Bertz CT molecular complexity index is 532. The summed E-state index contributed by atoms with van der Waals surface area (Å²) in [7, 11) is 0. The van der Waals surface area contributed by atoms with Gasteiger partial charge in [0.05, 0.1) is 11.6 Å². The molecule has 0 N–H and O–H groups in total. The fourth-order valence-electron chi connectivity index (χ4n) is 2.07. The number of halogens is 2. The second kappa shape index (κ2) is 12.2. The lowest BCUT2D eigenvalue weighted by atomic mass is 10.2. The quantitative estimate of drug-likeness (QED) is 0.288. The highest BCUT2D eigenvalue weighted by atomic mass is 35.5. The molecule has 0 spiro atoms. The van der Waals surface area contributed by atoms with Crippen molar-refractivity contribution < 1.29 is 19.1 Å². The molecule has 0 unspecified atom stereocenters. The molecule has 6 heteroatoms. The summed E-state index contributed by atoms with van der Waals surface area (Å²) in [5.74, 6) is -0.505. The molecule has 4 nitrogen and oxygen atoms in total. The molecule has 0 bridgehead atoms. The second-order valence-corrected chi connectivity index (χ2v) is 6.38. The molecule has 0 aliphatic carbocycles. The van der Waals surface area contributed by atoms with E-state index < -0.39 is 5.97 Å². The van der Waals surface area contributed by atoms with Crippen molar-refractivity contribution in [3.05, 3.63) is 28.2 Å². The van der Waals surface area contributed by atoms with Crippen LogP contribution in [0.1, 0.15) is 58.3 Å². The van der Waals surface area contributed by atoms with Gasteiger partial charge in [-0.2, -0.15) is 0 Å². The molecular weight excluding hydrogens is 351 g/mol. The van der Waals surface area contributed by atoms with Crippen molar-refractivity contribution in [2.45, 2.75) is 58.3 Å². The van der Waals surface area contributed by atoms with Crippen LogP contribution < -0.4 is 4.74 Å². The van der Waals surface area contributed by atoms with E-state index in [1.54, 1.807) is 12.1 Å². The maximum atomic E-state index is 11.7. The monoisotopic (exact) mass is 374 g/mol. The van der Waals surface area contributed by atoms with Gasteiger partial charge < -0.3 is 9.47 Å². The summed E-state index contributed by atoms with van der Waals surface area (Å²) in [6, 6.07) is 4.65. The highest BCUT2D eigenvalue weighted by Gasteiger charge is 2.11. The minimum absolute atomic E-state index is 0.119. The zero-order valence-electron chi connectivity index (χ0n) is 14.0. The third-order valence-corrected chi connectivity index (χ3v) is 3.94. The van der Waals surface area contributed by atoms with Gasteiger partial charge >= 0.3 is 11.9 Å². The summed E-state index contributed by atoms with van der Waals surface area (Å²) >= 11 is 11.7. The Labute approximate surface area is 153 Å². The van der Waals surface area contributed by atoms with E-state index in [9.17, 15) is 9.59 Å². The normalized spacial score (nSPS) is 10.5. The molecule has 1 aromatic carbocycles. The SMILES string of the molecule is CCCCCCCOC(=O)CCCC(=O)Oc1cc(Cl)ccc1Cl. The highest BCUT2D eigenvalue weighted by Crippen LogP contribution is 2.28. The van der Waals surface area contributed by atoms with E-state index in [2.05, 4.69) is 6.92 Å². The number of carbonyl (C=O) groups excluding carboxylic acids is 2. The molecule has 0 radical (unpaired) electrons. The van der Waals surface area contributed by atoms with Crippen LogP contribution in [-0.4, -0.2) is 18.5 Å². The first-order valence-corrected chi connectivity index (χ1v) is 9.10. The number of rotatable bonds is 11. The van der Waals surface area contributed by atoms with Crippen molar-refractivity contribution in [2.24, 2.45) is 0 Å². The Morgan fingerprint density at radius 2 is 1.67 bits per heavy atom. The first-order valence-electron chi connectivity index (χ1n) is 8.34. The predicted octanol–water partition coefficient (Wildman–Crippen LogP) is 5.58. The molecule has 0 amide bonds. The van der Waals surface area contributed by atoms with E-state index in [4.69, 9.17) is 32.7 Å². The highest BCUT2D eigenvalue weighted by molar-refractivity contribution is 6.34. The van der Waals surface area contributed by atoms with Gasteiger partial charge in [-0.3, -0.25) is 9.59 Å². The lowest BCUT2D eigenvalue weighted by Crippen LogP contribution is -2.10. The number of hydrogen-bond acceptors (Lipinski definition) is 4. The van der Waals surface area contributed by atoms with Gasteiger partial charge in [-0.05, 0) is 25.0 Å². The third-order valence-electron chi connectivity index (χ3n) is 3.39. The van der Waals surface area contributed by atoms with Crippen molar-refractivity contribution in [1.82, 2.24) is 0 Å². The zero-order valence-corrected chi connectivity index (χ0v) is 15.5. The zero-order chi connectivity index (χ0) is 17.8. The minimum atomic E-state index is -0.452. The van der Waals surface area contributed by atoms with Crippen molar-refractivity contribution in [3.63, 3.8) is 0 Å². The van der Waals surface area contributed by atoms with Crippen LogP contribution in [-0.2, 0) is 14.3 Å². The molecule has 0 saturated heterocycles. The fourth-order valence-corrected chi connectivity index (χ4v) is 2.39. The number of unbranched alkanes of at least 4 members (excludes halogenated alkanes) is 4. The van der Waals surface area contributed by atoms with E-state index in [1.807, 2.05) is 0 Å². The average Bonchev–Trinajstić information content (AvgIpc) is 2.54. The summed E-state index contributed by atoms with van der Waals surface area (Å²) < 4.78 is 10.3. The third kappa shape index (κ3) is 9.14. The first kappa shape index (κ1) is 20.8. The van der Waals surface area contributed by atoms with Crippen molar-refractivity contribution >= 4 is 35.1 Å². The first-order chi connectivity index (χ1) is 11.5. The predicted molar refractivity (Wildman–Crippen MR) is 95.7 cm³/mol. The molecule has 24 heavy (non-hydrogen) atoms. The maximum absolute atomic E-state index is 11.7. The second-order valence-electron chi connectivity index (χ2n) is 5.54. The number of carbonyl (C=O) groups is 2. The van der Waals surface area contributed by atoms with Crippen LogP contribution in [0.4, 0.5) is 0 Å². The van der Waals surface area contributed by atoms with E-state index in [-0.39, 0.29) is 24.6 Å². The Morgan fingerprint density at radius 3 is 2.42 bits per heavy atom. The molecule has 0 fully saturated rings. The number of hydrogen-bond donors (Lipinski definition) is 0. The number of ether oxygens (including phenoxy) is 2. The van der Waals surface area contributed by atoms with Gasteiger partial charge in [-0.15, -0.1) is 0 Å². The van der Waals surface area contributed by atoms with E-state index >= 15 is 0 Å². The lowest BCUT2D eigenvalue weighted by molar-refractivity contribution is -0.144. The van der Waals surface area contributed by atoms with Crippen molar-refractivity contribution in [2.75, 3.05) is 6.61 Å². The molecule has 0 saturated carbocycles. The Balaban J connectivity index is 2.14. The fraction of sp³-hybridized carbons (Fsp3) is 0.556. The average molecular weight is 375 g/mol. The van der Waals surface area contributed by atoms with Crippen LogP contribution >= 0.6 is 23.2 Å². The smallest absolute Gasteiger partial charge is 0.311 e. The van der Waals surface area contributed by atoms with Gasteiger partial charge in [0, 0.05) is 23.9 Å². The van der Waals surface area contributed by atoms with Gasteiger partial charge in [0.2, 0.25) is 0 Å². The van der Waals surface area contributed by atoms with Crippen molar-refractivity contribution in [1.29, 1.82) is 0 Å². The largest absolute Gasteiger partial charge is 0.466 e. The summed E-state index contributed by atoms with van der Waals surface area (Å²) in [5, 5.41) is 0.750. The van der Waals surface area contributed by atoms with Crippen LogP contribution in [0, 0.1) is 0 Å². The lowest BCUT2D eigenvalue weighted by Gasteiger charge is -2.07. The summed E-state index contributed by atoms with van der Waals surface area (Å²) in [6.45, 7) is 2.61. The molecule has 0 aliphatic rings. The number of esters is 2. The molecular formula is C18H24Cl2O4. The molecule has 0 aliphatic heterocycles. The Kier molecular flexibility index (Phi) is 10.5. The van der Waals surface area contributed by atoms with Crippen LogP contribution in [0.25, 0.3) is 0 Å². The molecule has 0 atom stereocenters.